The summed E-state index contributed by atoms with van der Waals surface area (Å²) in [4.78, 5) is 25.4. The number of rotatable bonds is 6. The summed E-state index contributed by atoms with van der Waals surface area (Å²) in [5, 5.41) is 5.65. The second-order valence-electron chi connectivity index (χ2n) is 6.42. The Bertz CT molecular complexity index is 826. The Hall–Kier alpha value is -3.02. The van der Waals surface area contributed by atoms with Gasteiger partial charge in [-0.2, -0.15) is 0 Å². The molecule has 136 valence electrons. The second-order valence-corrected chi connectivity index (χ2v) is 6.42. The monoisotopic (exact) mass is 354 g/mol. The highest BCUT2D eigenvalue weighted by Gasteiger charge is 2.56. The fraction of sp³-hybridized carbons (Fsp3) is 0.300. The van der Waals surface area contributed by atoms with Crippen LogP contribution in [0.5, 0.6) is 11.5 Å². The van der Waals surface area contributed by atoms with Gasteiger partial charge in [0.2, 0.25) is 11.8 Å². The van der Waals surface area contributed by atoms with Gasteiger partial charge < -0.3 is 20.1 Å². The summed E-state index contributed by atoms with van der Waals surface area (Å²) in [6.07, 6.45) is 1.05. The molecule has 0 atom stereocenters. The molecule has 6 nitrogen and oxygen atoms in total. The van der Waals surface area contributed by atoms with Crippen LogP contribution in [-0.4, -0.2) is 26.0 Å². The molecule has 2 aromatic carbocycles. The number of anilines is 2. The van der Waals surface area contributed by atoms with Crippen LogP contribution in [-0.2, 0) is 9.59 Å². The van der Waals surface area contributed by atoms with Gasteiger partial charge in [-0.1, -0.05) is 17.7 Å². The maximum Gasteiger partial charge on any atom is 0.240 e. The van der Waals surface area contributed by atoms with Crippen LogP contribution < -0.4 is 20.1 Å². The summed E-state index contributed by atoms with van der Waals surface area (Å²) in [5.41, 5.74) is 1.26. The third kappa shape index (κ3) is 3.49. The first-order valence-electron chi connectivity index (χ1n) is 8.40. The molecule has 0 unspecified atom stereocenters. The van der Waals surface area contributed by atoms with E-state index in [0.29, 0.717) is 35.7 Å². The van der Waals surface area contributed by atoms with E-state index < -0.39 is 5.41 Å². The zero-order valence-electron chi connectivity index (χ0n) is 15.1. The number of carbonyl (C=O) groups is 2. The molecule has 0 aliphatic heterocycles. The Labute approximate surface area is 152 Å². The summed E-state index contributed by atoms with van der Waals surface area (Å²) in [6, 6.07) is 12.6. The van der Waals surface area contributed by atoms with Crippen molar-refractivity contribution in [1.29, 1.82) is 0 Å². The molecule has 1 aliphatic carbocycles. The molecule has 1 fully saturated rings. The molecule has 0 spiro atoms. The summed E-state index contributed by atoms with van der Waals surface area (Å²) in [7, 11) is 3.07. The number of amides is 2. The van der Waals surface area contributed by atoms with Crippen LogP contribution in [0.25, 0.3) is 0 Å². The minimum atomic E-state index is -1.03. The minimum Gasteiger partial charge on any atom is -0.497 e. The topological polar surface area (TPSA) is 76.7 Å². The Kier molecular flexibility index (Phi) is 4.84. The van der Waals surface area contributed by atoms with Gasteiger partial charge in [-0.15, -0.1) is 0 Å². The van der Waals surface area contributed by atoms with Crippen molar-refractivity contribution in [2.75, 3.05) is 24.9 Å². The van der Waals surface area contributed by atoms with Crippen LogP contribution in [0.15, 0.2) is 42.5 Å². The lowest BCUT2D eigenvalue weighted by atomic mass is 10.0. The van der Waals surface area contributed by atoms with Crippen molar-refractivity contribution in [2.45, 2.75) is 19.8 Å². The van der Waals surface area contributed by atoms with Crippen LogP contribution in [0.1, 0.15) is 18.4 Å². The van der Waals surface area contributed by atoms with E-state index in [2.05, 4.69) is 10.6 Å². The molecule has 0 bridgehead atoms. The van der Waals surface area contributed by atoms with E-state index >= 15 is 0 Å². The first kappa shape index (κ1) is 17.8. The largest absolute Gasteiger partial charge is 0.497 e. The van der Waals surface area contributed by atoms with Crippen molar-refractivity contribution < 1.29 is 19.1 Å². The van der Waals surface area contributed by atoms with Gasteiger partial charge in [0, 0.05) is 11.8 Å². The van der Waals surface area contributed by atoms with Gasteiger partial charge in [-0.3, -0.25) is 9.59 Å². The molecule has 0 aromatic heterocycles. The number of nitrogens with one attached hydrogen (secondary N) is 2. The van der Waals surface area contributed by atoms with Crippen molar-refractivity contribution in [3.63, 3.8) is 0 Å². The standard InChI is InChI=1S/C20H22N2O4/c1-13-4-6-14(7-5-13)21-18(23)20(10-11-20)19(24)22-16-9-8-15(25-2)12-17(16)26-3/h4-9,12H,10-11H2,1-3H3,(H,21,23)(H,22,24). The molecular formula is C20H22N2O4. The van der Waals surface area contributed by atoms with Crippen LogP contribution >= 0.6 is 0 Å². The fourth-order valence-corrected chi connectivity index (χ4v) is 2.71. The van der Waals surface area contributed by atoms with Crippen LogP contribution in [0, 0.1) is 12.3 Å². The number of ether oxygens (including phenoxy) is 2. The number of benzene rings is 2. The van der Waals surface area contributed by atoms with Crippen molar-refractivity contribution in [1.82, 2.24) is 0 Å². The lowest BCUT2D eigenvalue weighted by Gasteiger charge is -2.17. The Balaban J connectivity index is 1.72. The van der Waals surface area contributed by atoms with Gasteiger partial charge in [-0.25, -0.2) is 0 Å². The fourth-order valence-electron chi connectivity index (χ4n) is 2.71. The average Bonchev–Trinajstić information content (AvgIpc) is 3.46. The van der Waals surface area contributed by atoms with Gasteiger partial charge in [-0.05, 0) is 44.0 Å². The average molecular weight is 354 g/mol. The molecular weight excluding hydrogens is 332 g/mol. The molecule has 2 aromatic rings. The highest BCUT2D eigenvalue weighted by Crippen LogP contribution is 2.48. The molecule has 0 radical (unpaired) electrons. The van der Waals surface area contributed by atoms with Crippen molar-refractivity contribution in [3.8, 4) is 11.5 Å². The molecule has 26 heavy (non-hydrogen) atoms. The first-order valence-corrected chi connectivity index (χ1v) is 8.40. The molecule has 1 saturated carbocycles. The Morgan fingerprint density at radius 3 is 2.15 bits per heavy atom. The highest BCUT2D eigenvalue weighted by molar-refractivity contribution is 6.17. The Morgan fingerprint density at radius 1 is 0.923 bits per heavy atom. The second kappa shape index (κ2) is 7.07. The zero-order chi connectivity index (χ0) is 18.7. The van der Waals surface area contributed by atoms with Crippen molar-refractivity contribution in [3.05, 3.63) is 48.0 Å². The summed E-state index contributed by atoms with van der Waals surface area (Å²) < 4.78 is 10.4. The maximum absolute atomic E-state index is 12.7. The SMILES string of the molecule is COc1ccc(NC(=O)C2(C(=O)Nc3ccc(C)cc3)CC2)c(OC)c1. The van der Waals surface area contributed by atoms with E-state index in [1.807, 2.05) is 31.2 Å². The Morgan fingerprint density at radius 2 is 1.58 bits per heavy atom. The van der Waals surface area contributed by atoms with E-state index in [1.165, 1.54) is 7.11 Å². The van der Waals surface area contributed by atoms with Gasteiger partial charge in [0.15, 0.2) is 0 Å². The first-order chi connectivity index (χ1) is 12.5. The number of carbonyl (C=O) groups excluding carboxylic acids is 2. The van der Waals surface area contributed by atoms with E-state index in [9.17, 15) is 9.59 Å². The van der Waals surface area contributed by atoms with E-state index in [4.69, 9.17) is 9.47 Å². The molecule has 3 rings (SSSR count). The van der Waals surface area contributed by atoms with Crippen LogP contribution in [0.3, 0.4) is 0 Å². The molecule has 2 N–H and O–H groups in total. The van der Waals surface area contributed by atoms with Gasteiger partial charge >= 0.3 is 0 Å². The third-order valence-corrected chi connectivity index (χ3v) is 4.59. The minimum absolute atomic E-state index is 0.286. The summed E-state index contributed by atoms with van der Waals surface area (Å²) >= 11 is 0. The highest BCUT2D eigenvalue weighted by atomic mass is 16.5. The predicted octanol–water partition coefficient (Wildman–Crippen LogP) is 3.37. The number of methoxy groups -OCH3 is 2. The van der Waals surface area contributed by atoms with Crippen LogP contribution in [0.4, 0.5) is 11.4 Å². The summed E-state index contributed by atoms with van der Waals surface area (Å²) in [5.74, 6) is 0.488. The lowest BCUT2D eigenvalue weighted by molar-refractivity contribution is -0.131. The smallest absolute Gasteiger partial charge is 0.240 e. The molecule has 0 heterocycles. The van der Waals surface area contributed by atoms with Gasteiger partial charge in [0.05, 0.1) is 19.9 Å². The molecule has 2 amide bonds. The van der Waals surface area contributed by atoms with Gasteiger partial charge in [0.25, 0.3) is 0 Å². The zero-order valence-corrected chi connectivity index (χ0v) is 15.1. The van der Waals surface area contributed by atoms with E-state index in [1.54, 1.807) is 25.3 Å². The summed E-state index contributed by atoms with van der Waals surface area (Å²) in [6.45, 7) is 1.98. The number of aryl methyl sites for hydroxylation is 1. The van der Waals surface area contributed by atoms with Crippen LogP contribution in [0.2, 0.25) is 0 Å². The number of hydrogen-bond donors (Lipinski definition) is 2. The van der Waals surface area contributed by atoms with E-state index in [0.717, 1.165) is 5.56 Å². The molecule has 0 saturated heterocycles. The normalized spacial score (nSPS) is 14.3. The lowest BCUT2D eigenvalue weighted by Crippen LogP contribution is -2.35. The quantitative estimate of drug-likeness (QED) is 0.780. The molecule has 1 aliphatic rings. The maximum atomic E-state index is 12.7. The molecule has 6 heteroatoms. The predicted molar refractivity (Wildman–Crippen MR) is 99.7 cm³/mol. The van der Waals surface area contributed by atoms with E-state index in [-0.39, 0.29) is 11.8 Å². The third-order valence-electron chi connectivity index (χ3n) is 4.59. The van der Waals surface area contributed by atoms with Crippen molar-refractivity contribution >= 4 is 23.2 Å². The van der Waals surface area contributed by atoms with Crippen molar-refractivity contribution in [2.24, 2.45) is 5.41 Å². The number of hydrogen-bond acceptors (Lipinski definition) is 4. The van der Waals surface area contributed by atoms with Gasteiger partial charge in [0.1, 0.15) is 16.9 Å².